The van der Waals surface area contributed by atoms with Crippen molar-refractivity contribution in [2.45, 2.75) is 122 Å². The number of hydrogen-bond donors (Lipinski definition) is 3. The van der Waals surface area contributed by atoms with Crippen molar-refractivity contribution in [2.24, 2.45) is 39.4 Å². The van der Waals surface area contributed by atoms with E-state index in [1.165, 1.54) is 6.42 Å². The van der Waals surface area contributed by atoms with Crippen LogP contribution in [0.2, 0.25) is 0 Å². The summed E-state index contributed by atoms with van der Waals surface area (Å²) in [5.41, 5.74) is 0.649. The van der Waals surface area contributed by atoms with Crippen molar-refractivity contribution >= 4 is 11.8 Å². The van der Waals surface area contributed by atoms with E-state index in [0.717, 1.165) is 74.5 Å². The molecular formula is C45H58N2O4. The van der Waals surface area contributed by atoms with Crippen molar-refractivity contribution in [3.63, 3.8) is 0 Å². The number of rotatable bonds is 8. The van der Waals surface area contributed by atoms with Crippen LogP contribution in [0.15, 0.2) is 84.5 Å². The fraction of sp³-hybridized carbons (Fsp3) is 0.600. The predicted octanol–water partition coefficient (Wildman–Crippen LogP) is 8.70. The second-order valence-electron chi connectivity index (χ2n) is 17.9. The summed E-state index contributed by atoms with van der Waals surface area (Å²) in [6, 6.07) is 19.7. The number of fused-ring (bicyclic) bond motifs is 1. The number of carbonyl (C=O) groups excluding carboxylic acids is 2. The Bertz CT molecular complexity index is 1700. The molecule has 7 aliphatic rings. The highest BCUT2D eigenvalue weighted by Gasteiger charge is 2.74. The minimum atomic E-state index is -1.12. The summed E-state index contributed by atoms with van der Waals surface area (Å²) < 4.78 is 0. The van der Waals surface area contributed by atoms with Gasteiger partial charge in [0.2, 0.25) is 0 Å². The monoisotopic (exact) mass is 690 g/mol. The van der Waals surface area contributed by atoms with Gasteiger partial charge in [-0.05, 0) is 93.1 Å². The number of Topliss-reactive ketones (excluding diaryl/α,β-unsaturated/α-hetero) is 1. The quantitative estimate of drug-likeness (QED) is 0.242. The zero-order valence-electron chi connectivity index (χ0n) is 30.9. The molecule has 3 N–H and O–H groups in total. The van der Waals surface area contributed by atoms with Gasteiger partial charge in [-0.25, -0.2) is 4.79 Å². The lowest BCUT2D eigenvalue weighted by atomic mass is 9.32. The van der Waals surface area contributed by atoms with Crippen molar-refractivity contribution in [2.75, 3.05) is 6.54 Å². The van der Waals surface area contributed by atoms with Gasteiger partial charge in [0.25, 0.3) is 0 Å². The maximum atomic E-state index is 14.9. The lowest BCUT2D eigenvalue weighted by molar-refractivity contribution is -0.178. The fourth-order valence-electron chi connectivity index (χ4n) is 12.6. The largest absolute Gasteiger partial charge is 0.393 e. The Balaban J connectivity index is 1.16. The van der Waals surface area contributed by atoms with Gasteiger partial charge < -0.3 is 20.4 Å². The van der Waals surface area contributed by atoms with Gasteiger partial charge in [0.1, 0.15) is 0 Å². The van der Waals surface area contributed by atoms with Gasteiger partial charge in [-0.3, -0.25) is 4.79 Å². The fourth-order valence-corrected chi connectivity index (χ4v) is 12.6. The lowest BCUT2D eigenvalue weighted by Crippen LogP contribution is -2.67. The number of hydrogen-bond acceptors (Lipinski definition) is 4. The Morgan fingerprint density at radius 3 is 2.22 bits per heavy atom. The van der Waals surface area contributed by atoms with E-state index in [4.69, 9.17) is 0 Å². The number of ketones is 1. The highest BCUT2D eigenvalue weighted by molar-refractivity contribution is 6.00. The second-order valence-corrected chi connectivity index (χ2v) is 17.9. The highest BCUT2D eigenvalue weighted by atomic mass is 16.3. The molecule has 2 spiro atoms. The second kappa shape index (κ2) is 12.7. The molecule has 2 aromatic carbocycles. The van der Waals surface area contributed by atoms with E-state index < -0.39 is 16.4 Å². The van der Waals surface area contributed by atoms with Gasteiger partial charge in [0, 0.05) is 34.3 Å². The van der Waals surface area contributed by atoms with E-state index in [1.54, 1.807) is 0 Å². The maximum Gasteiger partial charge on any atom is 0.318 e. The first-order valence-corrected chi connectivity index (χ1v) is 20.0. The van der Waals surface area contributed by atoms with Gasteiger partial charge in [0.15, 0.2) is 5.78 Å². The summed E-state index contributed by atoms with van der Waals surface area (Å²) in [4.78, 5) is 31.0. The molecule has 0 aliphatic heterocycles. The van der Waals surface area contributed by atoms with Crippen LogP contribution < -0.4 is 5.32 Å². The van der Waals surface area contributed by atoms with E-state index in [1.807, 2.05) is 72.5 Å². The Kier molecular flexibility index (Phi) is 8.69. The van der Waals surface area contributed by atoms with E-state index in [-0.39, 0.29) is 53.3 Å². The zero-order valence-corrected chi connectivity index (χ0v) is 30.9. The molecule has 7 aliphatic carbocycles. The van der Waals surface area contributed by atoms with Crippen LogP contribution in [0.25, 0.3) is 0 Å². The van der Waals surface area contributed by atoms with Crippen molar-refractivity contribution in [1.82, 2.24) is 10.2 Å². The van der Waals surface area contributed by atoms with Crippen LogP contribution in [-0.4, -0.2) is 45.2 Å². The first-order valence-electron chi connectivity index (χ1n) is 20.0. The first kappa shape index (κ1) is 34.8. The Morgan fingerprint density at radius 2 is 1.49 bits per heavy atom. The number of nitrogens with zero attached hydrogens (tertiary/aromatic N) is 1. The van der Waals surface area contributed by atoms with Gasteiger partial charge in [0.05, 0.1) is 24.3 Å². The van der Waals surface area contributed by atoms with Crippen LogP contribution in [0.4, 0.5) is 4.79 Å². The van der Waals surface area contributed by atoms with Crippen molar-refractivity contribution in [3.8, 4) is 0 Å². The number of aliphatic hydroxyl groups is 2. The van der Waals surface area contributed by atoms with Crippen LogP contribution in [0.1, 0.15) is 115 Å². The predicted molar refractivity (Wildman–Crippen MR) is 200 cm³/mol. The molecule has 4 saturated carbocycles. The lowest BCUT2D eigenvalue weighted by Gasteiger charge is -2.71. The normalized spacial score (nSPS) is 38.9. The standard InChI is InChI=1S/C45H58N2O4/c1-31(33-15-9-5-10-16-33)46-40(50)47(29-32-13-7-4-8-14-32)30-44(51)24-21-38-42(44,3)23-20-37-41(2)22-19-35(48)27-43(41)25-26-45(37,38)36(28-43)39(49)34-17-11-6-12-18-34/h4-5,7-10,13-16,25-26,28,31,34-35,37-38,48,51H,6,11-12,17-24,27,29-30H2,1-3H3,(H,46,50). The molecule has 9 unspecified atom stereocenters. The van der Waals surface area contributed by atoms with E-state index in [9.17, 15) is 19.8 Å². The molecule has 0 saturated heterocycles. The highest BCUT2D eigenvalue weighted by Crippen LogP contribution is 2.78. The molecule has 6 heteroatoms. The molecule has 2 aromatic rings. The molecule has 272 valence electrons. The van der Waals surface area contributed by atoms with E-state index in [2.05, 4.69) is 37.4 Å². The Hall–Kier alpha value is -3.22. The molecule has 0 radical (unpaired) electrons. The van der Waals surface area contributed by atoms with Gasteiger partial charge in [-0.2, -0.15) is 0 Å². The van der Waals surface area contributed by atoms with Crippen LogP contribution >= 0.6 is 0 Å². The van der Waals surface area contributed by atoms with Gasteiger partial charge in [-0.15, -0.1) is 0 Å². The summed E-state index contributed by atoms with van der Waals surface area (Å²) in [5.74, 6) is 0.765. The minimum absolute atomic E-state index is 0.0494. The molecule has 4 fully saturated rings. The first-order chi connectivity index (χ1) is 24.4. The van der Waals surface area contributed by atoms with Crippen molar-refractivity contribution in [1.29, 1.82) is 0 Å². The summed E-state index contributed by atoms with van der Waals surface area (Å²) in [5, 5.41) is 27.4. The van der Waals surface area contributed by atoms with Gasteiger partial charge in [-0.1, -0.05) is 112 Å². The van der Waals surface area contributed by atoms with Crippen molar-refractivity contribution in [3.05, 3.63) is 95.6 Å². The summed E-state index contributed by atoms with van der Waals surface area (Å²) in [7, 11) is 0. The number of aliphatic hydroxyl groups excluding tert-OH is 1. The molecule has 0 heterocycles. The number of urea groups is 1. The molecule has 9 rings (SSSR count). The summed E-state index contributed by atoms with van der Waals surface area (Å²) in [6.07, 6.45) is 17.8. The van der Waals surface area contributed by atoms with Crippen LogP contribution in [0.3, 0.4) is 0 Å². The Labute approximate surface area is 304 Å². The SMILES string of the molecule is CC(NC(=O)N(Cc1ccccc1)CC1(O)CCC2C34C=CC5(C=C3C(=O)C3CCCCC3)CC(O)CCC5(C)C4CCC21C)c1ccccc1. The molecule has 2 amide bonds. The van der Waals surface area contributed by atoms with Crippen LogP contribution in [-0.2, 0) is 11.3 Å². The number of nitrogens with one attached hydrogen (secondary N) is 1. The molecule has 9 atom stereocenters. The Morgan fingerprint density at radius 1 is 0.843 bits per heavy atom. The summed E-state index contributed by atoms with van der Waals surface area (Å²) >= 11 is 0. The van der Waals surface area contributed by atoms with Crippen LogP contribution in [0.5, 0.6) is 0 Å². The third-order valence-corrected chi connectivity index (χ3v) is 15.5. The van der Waals surface area contributed by atoms with Gasteiger partial charge >= 0.3 is 6.03 Å². The van der Waals surface area contributed by atoms with Crippen molar-refractivity contribution < 1.29 is 19.8 Å². The average molecular weight is 691 g/mol. The molecule has 6 nitrogen and oxygen atoms in total. The zero-order chi connectivity index (χ0) is 35.6. The molecule has 0 aromatic heterocycles. The number of allylic oxidation sites excluding steroid dienone is 4. The number of carbonyl (C=O) groups is 2. The minimum Gasteiger partial charge on any atom is -0.393 e. The van der Waals surface area contributed by atoms with E-state index in [0.29, 0.717) is 25.2 Å². The molecule has 2 bridgehead atoms. The smallest absolute Gasteiger partial charge is 0.318 e. The molecular weight excluding hydrogens is 633 g/mol. The molecule has 51 heavy (non-hydrogen) atoms. The third-order valence-electron chi connectivity index (χ3n) is 15.5. The topological polar surface area (TPSA) is 89.9 Å². The third kappa shape index (κ3) is 5.32. The average Bonchev–Trinajstić information content (AvgIpc) is 3.41. The van der Waals surface area contributed by atoms with Crippen LogP contribution in [0, 0.1) is 39.4 Å². The van der Waals surface area contributed by atoms with E-state index >= 15 is 0 Å². The summed E-state index contributed by atoms with van der Waals surface area (Å²) in [6.45, 7) is 7.37. The number of amides is 2. The maximum absolute atomic E-state index is 14.9. The number of benzene rings is 2.